The summed E-state index contributed by atoms with van der Waals surface area (Å²) in [7, 11) is 1.50. The van der Waals surface area contributed by atoms with Crippen LogP contribution in [0.4, 0.5) is 5.82 Å². The van der Waals surface area contributed by atoms with Crippen molar-refractivity contribution in [2.24, 2.45) is 0 Å². The Morgan fingerprint density at radius 1 is 1.21 bits per heavy atom. The molecule has 1 saturated heterocycles. The van der Waals surface area contributed by atoms with Crippen molar-refractivity contribution in [3.63, 3.8) is 0 Å². The van der Waals surface area contributed by atoms with E-state index in [2.05, 4.69) is 20.9 Å². The summed E-state index contributed by atoms with van der Waals surface area (Å²) in [6.45, 7) is 2.48. The highest BCUT2D eigenvalue weighted by molar-refractivity contribution is 5.96. The maximum absolute atomic E-state index is 12.7. The number of hydrogen-bond acceptors (Lipinski definition) is 6. The second-order valence-electron chi connectivity index (χ2n) is 5.35. The van der Waals surface area contributed by atoms with Crippen LogP contribution in [0.2, 0.25) is 0 Å². The number of aromatic nitrogens is 2. The molecule has 2 aromatic heterocycles. The third-order valence-electron chi connectivity index (χ3n) is 3.96. The maximum atomic E-state index is 12.7. The van der Waals surface area contributed by atoms with E-state index in [9.17, 15) is 4.79 Å². The Bertz CT molecular complexity index is 779. The van der Waals surface area contributed by atoms with Crippen molar-refractivity contribution in [1.82, 2.24) is 14.9 Å². The average Bonchev–Trinajstić information content (AvgIpc) is 2.67. The van der Waals surface area contributed by atoms with Gasteiger partial charge in [-0.3, -0.25) is 4.79 Å². The van der Waals surface area contributed by atoms with Crippen LogP contribution in [0.5, 0.6) is 5.88 Å². The molecule has 1 aliphatic rings. The summed E-state index contributed by atoms with van der Waals surface area (Å²) in [6.07, 6.45) is 3.23. The van der Waals surface area contributed by atoms with Crippen LogP contribution < -0.4 is 9.64 Å². The number of methoxy groups -OCH3 is 1. The smallest absolute Gasteiger partial charge is 0.259 e. The molecule has 1 aliphatic heterocycles. The van der Waals surface area contributed by atoms with E-state index >= 15 is 0 Å². The Kier molecular flexibility index (Phi) is 4.57. The highest BCUT2D eigenvalue weighted by Gasteiger charge is 2.25. The van der Waals surface area contributed by atoms with Crippen LogP contribution in [0.3, 0.4) is 0 Å². The zero-order valence-corrected chi connectivity index (χ0v) is 13.3. The van der Waals surface area contributed by atoms with Gasteiger partial charge in [0.2, 0.25) is 5.88 Å². The zero-order chi connectivity index (χ0) is 16.9. The molecule has 0 atom stereocenters. The lowest BCUT2D eigenvalue weighted by Crippen LogP contribution is -2.49. The van der Waals surface area contributed by atoms with E-state index in [1.165, 1.54) is 7.11 Å². The molecule has 0 N–H and O–H groups in total. The minimum absolute atomic E-state index is 0.0849. The monoisotopic (exact) mass is 323 g/mol. The van der Waals surface area contributed by atoms with E-state index in [1.54, 1.807) is 41.6 Å². The fraction of sp³-hybridized carbons (Fsp3) is 0.294. The molecule has 3 heterocycles. The number of ether oxygens (including phenoxy) is 1. The van der Waals surface area contributed by atoms with Crippen LogP contribution in [0.1, 0.15) is 15.9 Å². The van der Waals surface area contributed by atoms with Gasteiger partial charge in [-0.05, 0) is 24.3 Å². The van der Waals surface area contributed by atoms with Crippen LogP contribution in [0, 0.1) is 11.3 Å². The number of nitrogens with zero attached hydrogens (tertiary/aromatic N) is 5. The number of pyridine rings is 2. The molecule has 0 unspecified atom stereocenters. The van der Waals surface area contributed by atoms with E-state index < -0.39 is 0 Å². The minimum Gasteiger partial charge on any atom is -0.480 e. The number of carbonyl (C=O) groups is 1. The Hall–Kier alpha value is -3.14. The van der Waals surface area contributed by atoms with Crippen molar-refractivity contribution in [3.8, 4) is 11.9 Å². The Morgan fingerprint density at radius 2 is 2.00 bits per heavy atom. The summed E-state index contributed by atoms with van der Waals surface area (Å²) in [5, 5.41) is 8.98. The molecule has 0 spiro atoms. The average molecular weight is 323 g/mol. The highest BCUT2D eigenvalue weighted by Crippen LogP contribution is 2.19. The first-order valence-corrected chi connectivity index (χ1v) is 7.62. The van der Waals surface area contributed by atoms with Gasteiger partial charge in [-0.1, -0.05) is 0 Å². The molecule has 3 rings (SSSR count). The van der Waals surface area contributed by atoms with Crippen LogP contribution in [0.15, 0.2) is 36.7 Å². The molecule has 122 valence electrons. The van der Waals surface area contributed by atoms with Crippen molar-refractivity contribution in [2.75, 3.05) is 38.2 Å². The molecule has 0 bridgehead atoms. The van der Waals surface area contributed by atoms with Gasteiger partial charge >= 0.3 is 0 Å². The van der Waals surface area contributed by atoms with E-state index in [0.717, 1.165) is 5.82 Å². The first-order chi connectivity index (χ1) is 11.7. The number of piperazine rings is 1. The van der Waals surface area contributed by atoms with Gasteiger partial charge in [0.25, 0.3) is 5.91 Å². The van der Waals surface area contributed by atoms with Crippen molar-refractivity contribution in [2.45, 2.75) is 0 Å². The quantitative estimate of drug-likeness (QED) is 0.847. The SMILES string of the molecule is COc1ncccc1C(=O)N1CCN(c2cc(C#N)ccn2)CC1. The van der Waals surface area contributed by atoms with Crippen molar-refractivity contribution in [1.29, 1.82) is 5.26 Å². The third kappa shape index (κ3) is 3.13. The molecule has 1 amide bonds. The summed E-state index contributed by atoms with van der Waals surface area (Å²) in [4.78, 5) is 24.9. The van der Waals surface area contributed by atoms with Gasteiger partial charge in [-0.15, -0.1) is 0 Å². The number of nitriles is 1. The normalized spacial score (nSPS) is 14.2. The van der Waals surface area contributed by atoms with E-state index in [4.69, 9.17) is 10.00 Å². The number of hydrogen-bond donors (Lipinski definition) is 0. The van der Waals surface area contributed by atoms with Gasteiger partial charge in [0.05, 0.1) is 18.7 Å². The largest absolute Gasteiger partial charge is 0.480 e. The van der Waals surface area contributed by atoms with Gasteiger partial charge in [-0.2, -0.15) is 5.26 Å². The predicted molar refractivity (Wildman–Crippen MR) is 87.9 cm³/mol. The fourth-order valence-corrected chi connectivity index (χ4v) is 2.69. The Morgan fingerprint density at radius 3 is 2.71 bits per heavy atom. The molecule has 0 aromatic carbocycles. The summed E-state index contributed by atoms with van der Waals surface area (Å²) in [5.41, 5.74) is 1.05. The Balaban J connectivity index is 1.68. The van der Waals surface area contributed by atoms with E-state index in [1.807, 2.05) is 0 Å². The molecule has 0 radical (unpaired) electrons. The first kappa shape index (κ1) is 15.7. The van der Waals surface area contributed by atoms with E-state index in [-0.39, 0.29) is 5.91 Å². The van der Waals surface area contributed by atoms with Gasteiger partial charge < -0.3 is 14.5 Å². The topological polar surface area (TPSA) is 82.4 Å². The molecule has 1 fully saturated rings. The molecular formula is C17H17N5O2. The molecule has 7 heteroatoms. The lowest BCUT2D eigenvalue weighted by atomic mass is 10.2. The van der Waals surface area contributed by atoms with E-state index in [0.29, 0.717) is 43.2 Å². The standard InChI is InChI=1S/C17H17N5O2/c1-24-16-14(3-2-5-20-16)17(23)22-9-7-21(8-10-22)15-11-13(12-18)4-6-19-15/h2-6,11H,7-10H2,1H3. The van der Waals surface area contributed by atoms with Crippen LogP contribution >= 0.6 is 0 Å². The maximum Gasteiger partial charge on any atom is 0.259 e. The first-order valence-electron chi connectivity index (χ1n) is 7.62. The number of anilines is 1. The summed E-state index contributed by atoms with van der Waals surface area (Å²) in [6, 6.07) is 9.01. The fourth-order valence-electron chi connectivity index (χ4n) is 2.69. The molecule has 0 aliphatic carbocycles. The van der Waals surface area contributed by atoms with Crippen LogP contribution in [-0.4, -0.2) is 54.1 Å². The van der Waals surface area contributed by atoms with Crippen LogP contribution in [0.25, 0.3) is 0 Å². The van der Waals surface area contributed by atoms with Gasteiger partial charge in [0, 0.05) is 38.6 Å². The van der Waals surface area contributed by atoms with Gasteiger partial charge in [0.15, 0.2) is 0 Å². The zero-order valence-electron chi connectivity index (χ0n) is 13.3. The third-order valence-corrected chi connectivity index (χ3v) is 3.96. The predicted octanol–water partition coefficient (Wildman–Crippen LogP) is 1.32. The lowest BCUT2D eigenvalue weighted by molar-refractivity contribution is 0.0742. The molecular weight excluding hydrogens is 306 g/mol. The molecule has 7 nitrogen and oxygen atoms in total. The molecule has 24 heavy (non-hydrogen) atoms. The minimum atomic E-state index is -0.0849. The summed E-state index contributed by atoms with van der Waals surface area (Å²) < 4.78 is 5.16. The number of rotatable bonds is 3. The van der Waals surface area contributed by atoms with Crippen molar-refractivity contribution < 1.29 is 9.53 Å². The summed E-state index contributed by atoms with van der Waals surface area (Å²) >= 11 is 0. The van der Waals surface area contributed by atoms with Crippen molar-refractivity contribution in [3.05, 3.63) is 47.8 Å². The van der Waals surface area contributed by atoms with Gasteiger partial charge in [-0.25, -0.2) is 9.97 Å². The Labute approximate surface area is 140 Å². The van der Waals surface area contributed by atoms with Crippen molar-refractivity contribution >= 4 is 11.7 Å². The number of amides is 1. The highest BCUT2D eigenvalue weighted by atomic mass is 16.5. The number of carbonyl (C=O) groups excluding carboxylic acids is 1. The lowest BCUT2D eigenvalue weighted by Gasteiger charge is -2.35. The molecule has 2 aromatic rings. The van der Waals surface area contributed by atoms with Gasteiger partial charge in [0.1, 0.15) is 11.4 Å². The second-order valence-corrected chi connectivity index (χ2v) is 5.35. The summed E-state index contributed by atoms with van der Waals surface area (Å²) in [5.74, 6) is 1.02. The van der Waals surface area contributed by atoms with Crippen LogP contribution in [-0.2, 0) is 0 Å². The second kappa shape index (κ2) is 6.96. The molecule has 0 saturated carbocycles.